The molecule has 1 N–H and O–H groups in total. The highest BCUT2D eigenvalue weighted by atomic mass is 32.2. The molecule has 2 aromatic carbocycles. The van der Waals surface area contributed by atoms with E-state index in [9.17, 15) is 26.7 Å². The zero-order chi connectivity index (χ0) is 24.7. The first kappa shape index (κ1) is 23.2. The van der Waals surface area contributed by atoms with Gasteiger partial charge in [-0.15, -0.1) is 0 Å². The van der Waals surface area contributed by atoms with Crippen LogP contribution in [0.25, 0.3) is 16.9 Å². The molecule has 1 amide bonds. The van der Waals surface area contributed by atoms with E-state index in [0.29, 0.717) is 51.5 Å². The minimum absolute atomic E-state index is 0.113. The first-order valence-electron chi connectivity index (χ1n) is 10.4. The second-order valence-electron chi connectivity index (χ2n) is 7.75. The number of nitrogens with zero attached hydrogens (tertiary/aromatic N) is 2. The Morgan fingerprint density at radius 3 is 2.40 bits per heavy atom. The van der Waals surface area contributed by atoms with E-state index in [1.807, 2.05) is 0 Å². The lowest BCUT2D eigenvalue weighted by Gasteiger charge is -2.15. The molecule has 0 fully saturated rings. The van der Waals surface area contributed by atoms with E-state index in [-0.39, 0.29) is 17.5 Å². The molecule has 1 aliphatic rings. The number of alkyl halides is 5. The number of benzene rings is 2. The number of anilines is 1. The maximum Gasteiger partial charge on any atom is 0.435 e. The number of nitrogens with one attached hydrogen (secondary N) is 1. The summed E-state index contributed by atoms with van der Waals surface area (Å²) in [4.78, 5) is 13.0. The molecular weight excluding hydrogens is 489 g/mol. The Bertz CT molecular complexity index is 1380. The third kappa shape index (κ3) is 4.55. The number of furan rings is 1. The number of aromatic nitrogens is 2. The second-order valence-corrected chi connectivity index (χ2v) is 8.81. The third-order valence-electron chi connectivity index (χ3n) is 5.57. The van der Waals surface area contributed by atoms with Crippen LogP contribution in [0.5, 0.6) is 0 Å². The Hall–Kier alpha value is -3.60. The van der Waals surface area contributed by atoms with Crippen molar-refractivity contribution in [2.75, 3.05) is 5.32 Å². The number of halogens is 5. The summed E-state index contributed by atoms with van der Waals surface area (Å²) in [5, 5.41) is 6.54. The highest BCUT2D eigenvalue weighted by Gasteiger charge is 2.41. The van der Waals surface area contributed by atoms with E-state index >= 15 is 0 Å². The third-order valence-corrected chi connectivity index (χ3v) is 6.29. The summed E-state index contributed by atoms with van der Waals surface area (Å²) in [5.41, 5.74) is 1.10. The van der Waals surface area contributed by atoms with Gasteiger partial charge in [-0.25, -0.2) is 4.68 Å². The van der Waals surface area contributed by atoms with Gasteiger partial charge >= 0.3 is 6.18 Å². The largest absolute Gasteiger partial charge is 0.469 e. The summed E-state index contributed by atoms with van der Waals surface area (Å²) < 4.78 is 72.6. The van der Waals surface area contributed by atoms with Crippen molar-refractivity contribution in [3.63, 3.8) is 0 Å². The van der Waals surface area contributed by atoms with E-state index in [0.717, 1.165) is 0 Å². The molecule has 180 valence electrons. The summed E-state index contributed by atoms with van der Waals surface area (Å²) in [6.45, 7) is 0. The Morgan fingerprint density at radius 2 is 1.74 bits per heavy atom. The minimum atomic E-state index is -4.61. The van der Waals surface area contributed by atoms with Crippen molar-refractivity contribution >= 4 is 23.4 Å². The average molecular weight is 505 g/mol. The van der Waals surface area contributed by atoms with Gasteiger partial charge in [0.2, 0.25) is 0 Å². The second kappa shape index (κ2) is 8.88. The Kier molecular flexibility index (Phi) is 5.87. The number of carbonyl (C=O) groups excluding carboxylic acids is 1. The van der Waals surface area contributed by atoms with Crippen LogP contribution in [-0.4, -0.2) is 21.4 Å². The quantitative estimate of drug-likeness (QED) is 0.239. The molecule has 2 aromatic heterocycles. The first-order valence-corrected chi connectivity index (χ1v) is 11.3. The summed E-state index contributed by atoms with van der Waals surface area (Å²) in [7, 11) is 0. The normalized spacial score (nSPS) is 13.0. The molecule has 5 rings (SSSR count). The van der Waals surface area contributed by atoms with E-state index in [1.165, 1.54) is 59.5 Å². The molecule has 0 atom stereocenters. The van der Waals surface area contributed by atoms with Crippen molar-refractivity contribution in [3.8, 4) is 16.9 Å². The first-order chi connectivity index (χ1) is 16.7. The highest BCUT2D eigenvalue weighted by molar-refractivity contribution is 7.99. The summed E-state index contributed by atoms with van der Waals surface area (Å²) >= 11 is 0.401. The van der Waals surface area contributed by atoms with Gasteiger partial charge in [0, 0.05) is 33.7 Å². The molecule has 0 unspecified atom stereocenters. The predicted octanol–water partition coefficient (Wildman–Crippen LogP) is 6.82. The zero-order valence-corrected chi connectivity index (χ0v) is 18.6. The van der Waals surface area contributed by atoms with Crippen molar-refractivity contribution < 1.29 is 31.2 Å². The van der Waals surface area contributed by atoms with Crippen LogP contribution in [-0.2, 0) is 19.0 Å². The van der Waals surface area contributed by atoms with E-state index < -0.39 is 23.5 Å². The summed E-state index contributed by atoms with van der Waals surface area (Å²) in [6.07, 6.45) is -2.67. The van der Waals surface area contributed by atoms with Crippen LogP contribution in [0.1, 0.15) is 27.4 Å². The monoisotopic (exact) mass is 505 g/mol. The van der Waals surface area contributed by atoms with E-state index in [1.54, 1.807) is 6.07 Å². The molecule has 0 saturated carbocycles. The number of aryl methyl sites for hydroxylation is 1. The number of fused-ring (bicyclic) bond motifs is 3. The molecule has 0 aliphatic heterocycles. The number of hydrogen-bond donors (Lipinski definition) is 1. The van der Waals surface area contributed by atoms with Crippen LogP contribution in [0.2, 0.25) is 0 Å². The van der Waals surface area contributed by atoms with Crippen LogP contribution < -0.4 is 5.32 Å². The summed E-state index contributed by atoms with van der Waals surface area (Å²) in [5.74, 6) is -2.40. The summed E-state index contributed by atoms with van der Waals surface area (Å²) in [6, 6.07) is 13.6. The van der Waals surface area contributed by atoms with Crippen molar-refractivity contribution in [2.45, 2.75) is 29.7 Å². The number of thioether (sulfide) groups is 1. The highest BCUT2D eigenvalue weighted by Crippen LogP contribution is 2.42. The zero-order valence-electron chi connectivity index (χ0n) is 17.8. The van der Waals surface area contributed by atoms with Crippen molar-refractivity contribution in [2.24, 2.45) is 0 Å². The Morgan fingerprint density at radius 1 is 1.03 bits per heavy atom. The number of carbonyl (C=O) groups is 1. The molecule has 0 spiro atoms. The van der Waals surface area contributed by atoms with Crippen LogP contribution in [0.4, 0.5) is 27.6 Å². The lowest BCUT2D eigenvalue weighted by atomic mass is 9.94. The number of hydrogen-bond acceptors (Lipinski definition) is 4. The maximum atomic E-state index is 13.7. The Labute approximate surface area is 199 Å². The fraction of sp³-hybridized carbons (Fsp3) is 0.167. The topological polar surface area (TPSA) is 60.1 Å². The fourth-order valence-electron chi connectivity index (χ4n) is 4.04. The van der Waals surface area contributed by atoms with Gasteiger partial charge in [0.05, 0.1) is 17.6 Å². The standard InChI is InChI=1S/C24H16F5N3O2S/c25-23(26)35-16-7-3-14(4-8-16)30-22(33)13-1-5-15(6-2-13)32-20-17-11-12-34-19(17)10-9-18(20)21(31-32)24(27,28)29/h1-8,11-12,23H,9-10H2,(H,30,33). The van der Waals surface area contributed by atoms with Gasteiger partial charge < -0.3 is 9.73 Å². The number of rotatable bonds is 5. The molecule has 5 nitrogen and oxygen atoms in total. The van der Waals surface area contributed by atoms with Crippen molar-refractivity contribution in [3.05, 3.63) is 83.4 Å². The molecule has 35 heavy (non-hydrogen) atoms. The lowest BCUT2D eigenvalue weighted by Crippen LogP contribution is -2.12. The van der Waals surface area contributed by atoms with Gasteiger partial charge in [0.1, 0.15) is 5.76 Å². The van der Waals surface area contributed by atoms with Gasteiger partial charge in [-0.1, -0.05) is 11.8 Å². The molecule has 0 saturated heterocycles. The minimum Gasteiger partial charge on any atom is -0.469 e. The van der Waals surface area contributed by atoms with E-state index in [4.69, 9.17) is 4.42 Å². The van der Waals surface area contributed by atoms with Gasteiger partial charge in [0.15, 0.2) is 5.69 Å². The predicted molar refractivity (Wildman–Crippen MR) is 120 cm³/mol. The SMILES string of the molecule is O=C(Nc1ccc(SC(F)F)cc1)c1ccc(-n2nc(C(F)(F)F)c3c2-c2ccoc2CC3)cc1. The van der Waals surface area contributed by atoms with Crippen LogP contribution >= 0.6 is 11.8 Å². The van der Waals surface area contributed by atoms with Crippen molar-refractivity contribution in [1.29, 1.82) is 0 Å². The maximum absolute atomic E-state index is 13.7. The molecule has 11 heteroatoms. The molecular formula is C24H16F5N3O2S. The smallest absolute Gasteiger partial charge is 0.435 e. The van der Waals surface area contributed by atoms with Gasteiger partial charge in [0.25, 0.3) is 11.7 Å². The molecule has 1 aliphatic carbocycles. The van der Waals surface area contributed by atoms with Crippen molar-refractivity contribution in [1.82, 2.24) is 9.78 Å². The van der Waals surface area contributed by atoms with Gasteiger partial charge in [-0.2, -0.15) is 27.1 Å². The van der Waals surface area contributed by atoms with Gasteiger partial charge in [-0.05, 0) is 61.0 Å². The van der Waals surface area contributed by atoms with Crippen LogP contribution in [0.3, 0.4) is 0 Å². The number of amides is 1. The molecule has 2 heterocycles. The molecule has 0 bridgehead atoms. The Balaban J connectivity index is 1.41. The lowest BCUT2D eigenvalue weighted by molar-refractivity contribution is -0.142. The van der Waals surface area contributed by atoms with E-state index in [2.05, 4.69) is 10.4 Å². The van der Waals surface area contributed by atoms with Crippen LogP contribution in [0.15, 0.2) is 70.2 Å². The van der Waals surface area contributed by atoms with Crippen LogP contribution in [0, 0.1) is 0 Å². The molecule has 4 aromatic rings. The molecule has 0 radical (unpaired) electrons. The fourth-order valence-corrected chi connectivity index (χ4v) is 4.54. The van der Waals surface area contributed by atoms with Gasteiger partial charge in [-0.3, -0.25) is 4.79 Å². The average Bonchev–Trinajstić information content (AvgIpc) is 3.44.